The number of hydrogen-bond acceptors (Lipinski definition) is 4. The molecule has 7 heteroatoms. The zero-order valence-electron chi connectivity index (χ0n) is 15.0. The van der Waals surface area contributed by atoms with Crippen molar-refractivity contribution in [1.82, 2.24) is 10.6 Å². The van der Waals surface area contributed by atoms with Gasteiger partial charge < -0.3 is 24.8 Å². The minimum Gasteiger partial charge on any atom is -0.494 e. The maximum absolute atomic E-state index is 13.7. The van der Waals surface area contributed by atoms with Gasteiger partial charge in [0, 0.05) is 26.3 Å². The molecule has 140 valence electrons. The molecule has 0 aromatic heterocycles. The third-order valence-corrected chi connectivity index (χ3v) is 3.84. The molecule has 1 heterocycles. The number of rotatable bonds is 9. The van der Waals surface area contributed by atoms with Gasteiger partial charge in [0.25, 0.3) is 0 Å². The quantitative estimate of drug-likeness (QED) is 0.404. The van der Waals surface area contributed by atoms with Crippen molar-refractivity contribution in [2.24, 2.45) is 4.99 Å². The molecule has 1 aliphatic rings. The molecule has 2 N–H and O–H groups in total. The van der Waals surface area contributed by atoms with E-state index in [0.29, 0.717) is 25.7 Å². The lowest BCUT2D eigenvalue weighted by Gasteiger charge is -2.13. The van der Waals surface area contributed by atoms with Crippen LogP contribution in [0, 0.1) is 5.82 Å². The van der Waals surface area contributed by atoms with Crippen molar-refractivity contribution < 1.29 is 18.6 Å². The fourth-order valence-corrected chi connectivity index (χ4v) is 2.49. The molecule has 1 aromatic carbocycles. The summed E-state index contributed by atoms with van der Waals surface area (Å²) < 4.78 is 29.6. The van der Waals surface area contributed by atoms with Gasteiger partial charge in [-0.1, -0.05) is 6.07 Å². The first kappa shape index (κ1) is 19.5. The van der Waals surface area contributed by atoms with Crippen LogP contribution >= 0.6 is 0 Å². The molecule has 1 unspecified atom stereocenters. The summed E-state index contributed by atoms with van der Waals surface area (Å²) in [5, 5.41) is 6.44. The van der Waals surface area contributed by atoms with Crippen molar-refractivity contribution >= 4 is 5.96 Å². The first-order valence-corrected chi connectivity index (χ1v) is 8.77. The lowest BCUT2D eigenvalue weighted by molar-refractivity contribution is 0.0420. The van der Waals surface area contributed by atoms with Crippen molar-refractivity contribution in [3.05, 3.63) is 29.6 Å². The molecule has 6 nitrogen and oxygen atoms in total. The predicted molar refractivity (Wildman–Crippen MR) is 95.6 cm³/mol. The Morgan fingerprint density at radius 2 is 2.28 bits per heavy atom. The number of benzene rings is 1. The van der Waals surface area contributed by atoms with Crippen molar-refractivity contribution in [2.75, 3.05) is 40.0 Å². The molecule has 0 bridgehead atoms. The van der Waals surface area contributed by atoms with Crippen LogP contribution in [0.3, 0.4) is 0 Å². The van der Waals surface area contributed by atoms with E-state index in [9.17, 15) is 4.39 Å². The van der Waals surface area contributed by atoms with Gasteiger partial charge in [0.2, 0.25) is 0 Å². The average Bonchev–Trinajstić information content (AvgIpc) is 3.13. The SMILES string of the molecule is CCNC(=NCc1ccc(OC)c(F)c1)NCCCOC1CCOC1. The molecule has 0 amide bonds. The number of methoxy groups -OCH3 is 1. The van der Waals surface area contributed by atoms with Gasteiger partial charge in [-0.25, -0.2) is 9.38 Å². The van der Waals surface area contributed by atoms with Gasteiger partial charge in [0.05, 0.1) is 26.4 Å². The third kappa shape index (κ3) is 6.88. The van der Waals surface area contributed by atoms with Gasteiger partial charge in [-0.3, -0.25) is 0 Å². The summed E-state index contributed by atoms with van der Waals surface area (Å²) in [5.74, 6) is 0.578. The second-order valence-electron chi connectivity index (χ2n) is 5.80. The Morgan fingerprint density at radius 1 is 1.40 bits per heavy atom. The molecule has 2 rings (SSSR count). The summed E-state index contributed by atoms with van der Waals surface area (Å²) in [6, 6.07) is 4.88. The van der Waals surface area contributed by atoms with Gasteiger partial charge in [-0.05, 0) is 37.5 Å². The maximum atomic E-state index is 13.7. The Balaban J connectivity index is 1.74. The zero-order valence-corrected chi connectivity index (χ0v) is 15.0. The Bertz CT molecular complexity index is 548. The highest BCUT2D eigenvalue weighted by Gasteiger charge is 2.15. The topological polar surface area (TPSA) is 64.1 Å². The van der Waals surface area contributed by atoms with Crippen LogP contribution in [0.2, 0.25) is 0 Å². The van der Waals surface area contributed by atoms with Gasteiger partial charge in [-0.15, -0.1) is 0 Å². The van der Waals surface area contributed by atoms with Crippen LogP contribution in [0.5, 0.6) is 5.75 Å². The minimum atomic E-state index is -0.374. The highest BCUT2D eigenvalue weighted by molar-refractivity contribution is 5.79. The fourth-order valence-electron chi connectivity index (χ4n) is 2.49. The number of halogens is 1. The largest absolute Gasteiger partial charge is 0.494 e. The van der Waals surface area contributed by atoms with E-state index in [2.05, 4.69) is 15.6 Å². The lowest BCUT2D eigenvalue weighted by atomic mass is 10.2. The summed E-state index contributed by atoms with van der Waals surface area (Å²) in [6.07, 6.45) is 2.11. The Labute approximate surface area is 148 Å². The maximum Gasteiger partial charge on any atom is 0.191 e. The van der Waals surface area contributed by atoms with E-state index in [4.69, 9.17) is 14.2 Å². The fraction of sp³-hybridized carbons (Fsp3) is 0.611. The smallest absolute Gasteiger partial charge is 0.191 e. The number of hydrogen-bond donors (Lipinski definition) is 2. The normalized spacial score (nSPS) is 17.6. The Hall–Kier alpha value is -1.86. The van der Waals surface area contributed by atoms with Crippen molar-refractivity contribution in [2.45, 2.75) is 32.4 Å². The average molecular weight is 353 g/mol. The van der Waals surface area contributed by atoms with E-state index < -0.39 is 0 Å². The summed E-state index contributed by atoms with van der Waals surface area (Å²) in [4.78, 5) is 4.48. The van der Waals surface area contributed by atoms with E-state index in [1.807, 2.05) is 13.0 Å². The second kappa shape index (κ2) is 10.9. The molecule has 0 spiro atoms. The number of ether oxygens (including phenoxy) is 3. The highest BCUT2D eigenvalue weighted by atomic mass is 19.1. The van der Waals surface area contributed by atoms with Crippen LogP contribution < -0.4 is 15.4 Å². The van der Waals surface area contributed by atoms with E-state index >= 15 is 0 Å². The molecule has 25 heavy (non-hydrogen) atoms. The van der Waals surface area contributed by atoms with Crippen LogP contribution in [0.15, 0.2) is 23.2 Å². The molecule has 1 aliphatic heterocycles. The summed E-state index contributed by atoms with van der Waals surface area (Å²) in [5.41, 5.74) is 0.792. The zero-order chi connectivity index (χ0) is 17.9. The molecular weight excluding hydrogens is 325 g/mol. The molecule has 0 saturated carbocycles. The number of nitrogens with zero attached hydrogens (tertiary/aromatic N) is 1. The van der Waals surface area contributed by atoms with E-state index in [1.54, 1.807) is 6.07 Å². The van der Waals surface area contributed by atoms with Crippen molar-refractivity contribution in [3.63, 3.8) is 0 Å². The highest BCUT2D eigenvalue weighted by Crippen LogP contribution is 2.18. The van der Waals surface area contributed by atoms with Gasteiger partial charge in [-0.2, -0.15) is 0 Å². The van der Waals surface area contributed by atoms with Gasteiger partial charge in [0.15, 0.2) is 17.5 Å². The van der Waals surface area contributed by atoms with E-state index in [-0.39, 0.29) is 17.7 Å². The molecule has 1 atom stereocenters. The van der Waals surface area contributed by atoms with Crippen LogP contribution in [0.25, 0.3) is 0 Å². The molecule has 1 saturated heterocycles. The lowest BCUT2D eigenvalue weighted by Crippen LogP contribution is -2.38. The van der Waals surface area contributed by atoms with Crippen LogP contribution in [-0.2, 0) is 16.0 Å². The Morgan fingerprint density at radius 3 is 2.96 bits per heavy atom. The molecule has 0 aliphatic carbocycles. The monoisotopic (exact) mass is 353 g/mol. The number of guanidine groups is 1. The summed E-state index contributed by atoms with van der Waals surface area (Å²) in [6.45, 7) is 6.13. The standard InChI is InChI=1S/C18H28FN3O3/c1-3-20-18(21-8-4-9-25-15-7-10-24-13-15)22-12-14-5-6-17(23-2)16(19)11-14/h5-6,11,15H,3-4,7-10,12-13H2,1-2H3,(H2,20,21,22). The molecule has 0 radical (unpaired) electrons. The molecule has 1 fully saturated rings. The predicted octanol–water partition coefficient (Wildman–Crippen LogP) is 2.08. The number of nitrogens with one attached hydrogen (secondary N) is 2. The molecule has 1 aromatic rings. The number of aliphatic imine (C=N–C) groups is 1. The first-order chi connectivity index (χ1) is 12.2. The van der Waals surface area contributed by atoms with Crippen LogP contribution in [-0.4, -0.2) is 52.1 Å². The second-order valence-corrected chi connectivity index (χ2v) is 5.80. The van der Waals surface area contributed by atoms with Crippen molar-refractivity contribution in [3.8, 4) is 5.75 Å². The van der Waals surface area contributed by atoms with Gasteiger partial charge in [0.1, 0.15) is 0 Å². The minimum absolute atomic E-state index is 0.241. The van der Waals surface area contributed by atoms with Crippen molar-refractivity contribution in [1.29, 1.82) is 0 Å². The summed E-state index contributed by atoms with van der Waals surface area (Å²) in [7, 11) is 1.45. The summed E-state index contributed by atoms with van der Waals surface area (Å²) >= 11 is 0. The molecular formula is C18H28FN3O3. The third-order valence-electron chi connectivity index (χ3n) is 3.84. The van der Waals surface area contributed by atoms with Gasteiger partial charge >= 0.3 is 0 Å². The van der Waals surface area contributed by atoms with Crippen LogP contribution in [0.4, 0.5) is 4.39 Å². The van der Waals surface area contributed by atoms with E-state index in [0.717, 1.165) is 38.1 Å². The first-order valence-electron chi connectivity index (χ1n) is 8.77. The van der Waals surface area contributed by atoms with Crippen LogP contribution in [0.1, 0.15) is 25.3 Å². The Kier molecular flexibility index (Phi) is 8.48. The van der Waals surface area contributed by atoms with E-state index in [1.165, 1.54) is 13.2 Å².